The molecule has 0 unspecified atom stereocenters. The van der Waals surface area contributed by atoms with Crippen LogP contribution >= 0.6 is 22.9 Å². The molecule has 84 valence electrons. The molecule has 0 aliphatic carbocycles. The summed E-state index contributed by atoms with van der Waals surface area (Å²) >= 11 is 7.62. The Hall–Kier alpha value is -0.790. The zero-order chi connectivity index (χ0) is 11.5. The van der Waals surface area contributed by atoms with Gasteiger partial charge in [0.1, 0.15) is 0 Å². The molecular weight excluding hydrogens is 236 g/mol. The third-order valence-electron chi connectivity index (χ3n) is 2.77. The van der Waals surface area contributed by atoms with E-state index in [2.05, 4.69) is 48.9 Å². The molecule has 0 fully saturated rings. The predicted molar refractivity (Wildman–Crippen MR) is 73.4 cm³/mol. The number of alkyl halides is 1. The summed E-state index contributed by atoms with van der Waals surface area (Å²) in [6.07, 6.45) is 0. The molecule has 1 heterocycles. The van der Waals surface area contributed by atoms with Crippen LogP contribution in [0.1, 0.15) is 30.9 Å². The number of thiophene rings is 1. The topological polar surface area (TPSA) is 0 Å². The average Bonchev–Trinajstić information content (AvgIpc) is 2.77. The molecular formula is C14H15ClS. The first-order valence-electron chi connectivity index (χ1n) is 5.43. The molecule has 1 aromatic carbocycles. The molecule has 0 saturated carbocycles. The van der Waals surface area contributed by atoms with Gasteiger partial charge in [-0.1, -0.05) is 38.1 Å². The Labute approximate surface area is 106 Å². The lowest BCUT2D eigenvalue weighted by Crippen LogP contribution is -1.87. The van der Waals surface area contributed by atoms with E-state index < -0.39 is 0 Å². The second-order valence-corrected chi connectivity index (χ2v) is 5.23. The van der Waals surface area contributed by atoms with Gasteiger partial charge in [0.25, 0.3) is 0 Å². The van der Waals surface area contributed by atoms with E-state index in [1.165, 1.54) is 22.3 Å². The normalized spacial score (nSPS) is 11.0. The highest BCUT2D eigenvalue weighted by atomic mass is 35.5. The molecule has 0 spiro atoms. The molecule has 2 rings (SSSR count). The van der Waals surface area contributed by atoms with Crippen LogP contribution in [0.2, 0.25) is 0 Å². The van der Waals surface area contributed by atoms with Gasteiger partial charge in [-0.25, -0.2) is 0 Å². The maximum absolute atomic E-state index is 5.91. The van der Waals surface area contributed by atoms with Gasteiger partial charge in [0.05, 0.1) is 0 Å². The quantitative estimate of drug-likeness (QED) is 0.651. The van der Waals surface area contributed by atoms with Gasteiger partial charge in [-0.05, 0) is 38.9 Å². The van der Waals surface area contributed by atoms with E-state index in [1.807, 2.05) is 0 Å². The van der Waals surface area contributed by atoms with E-state index in [4.69, 9.17) is 11.6 Å². The predicted octanol–water partition coefficient (Wildman–Crippen LogP) is 5.28. The second kappa shape index (κ2) is 5.03. The lowest BCUT2D eigenvalue weighted by molar-refractivity contribution is 0.867. The minimum absolute atomic E-state index is 0.587. The van der Waals surface area contributed by atoms with E-state index in [0.29, 0.717) is 11.8 Å². The zero-order valence-electron chi connectivity index (χ0n) is 9.53. The number of halogens is 1. The highest BCUT2D eigenvalue weighted by Crippen LogP contribution is 2.29. The smallest absolute Gasteiger partial charge is 0.0488 e. The number of benzene rings is 1. The first-order valence-corrected chi connectivity index (χ1v) is 6.91. The van der Waals surface area contributed by atoms with Crippen molar-refractivity contribution in [2.45, 2.75) is 25.6 Å². The van der Waals surface area contributed by atoms with Gasteiger partial charge in [0, 0.05) is 5.88 Å². The van der Waals surface area contributed by atoms with Crippen LogP contribution < -0.4 is 0 Å². The Balaban J connectivity index is 2.35. The van der Waals surface area contributed by atoms with Gasteiger partial charge in [-0.15, -0.1) is 11.6 Å². The van der Waals surface area contributed by atoms with Gasteiger partial charge in [-0.2, -0.15) is 11.3 Å². The highest BCUT2D eigenvalue weighted by Gasteiger charge is 2.06. The molecule has 0 amide bonds. The first-order chi connectivity index (χ1) is 7.72. The van der Waals surface area contributed by atoms with Crippen LogP contribution in [-0.2, 0) is 5.88 Å². The van der Waals surface area contributed by atoms with Crippen molar-refractivity contribution in [2.75, 3.05) is 0 Å². The van der Waals surface area contributed by atoms with Gasteiger partial charge in [0.2, 0.25) is 0 Å². The van der Waals surface area contributed by atoms with Crippen molar-refractivity contribution in [1.82, 2.24) is 0 Å². The van der Waals surface area contributed by atoms with Crippen molar-refractivity contribution < 1.29 is 0 Å². The van der Waals surface area contributed by atoms with Crippen molar-refractivity contribution in [3.63, 3.8) is 0 Å². The molecule has 1 aromatic heterocycles. The fourth-order valence-corrected chi connectivity index (χ4v) is 2.91. The van der Waals surface area contributed by atoms with Gasteiger partial charge in [-0.3, -0.25) is 0 Å². The zero-order valence-corrected chi connectivity index (χ0v) is 11.1. The molecule has 16 heavy (non-hydrogen) atoms. The van der Waals surface area contributed by atoms with Crippen molar-refractivity contribution in [2.24, 2.45) is 0 Å². The first kappa shape index (κ1) is 11.7. The number of hydrogen-bond donors (Lipinski definition) is 0. The largest absolute Gasteiger partial charge is 0.151 e. The summed E-state index contributed by atoms with van der Waals surface area (Å²) in [5.74, 6) is 1.18. The third kappa shape index (κ3) is 2.31. The van der Waals surface area contributed by atoms with Crippen molar-refractivity contribution in [1.29, 1.82) is 0 Å². The summed E-state index contributed by atoms with van der Waals surface area (Å²) in [7, 11) is 0. The third-order valence-corrected chi connectivity index (χ3v) is 3.85. The SMILES string of the molecule is CC(C)c1ccc(-c2cscc2CCl)cc1. The lowest BCUT2D eigenvalue weighted by atomic mass is 9.99. The molecule has 0 nitrogen and oxygen atoms in total. The van der Waals surface area contributed by atoms with Crippen LogP contribution in [0.4, 0.5) is 0 Å². The lowest BCUT2D eigenvalue weighted by Gasteiger charge is -2.07. The van der Waals surface area contributed by atoms with Gasteiger partial charge >= 0.3 is 0 Å². The summed E-state index contributed by atoms with van der Waals surface area (Å²) in [6.45, 7) is 4.42. The number of hydrogen-bond acceptors (Lipinski definition) is 1. The van der Waals surface area contributed by atoms with Crippen LogP contribution in [-0.4, -0.2) is 0 Å². The Kier molecular flexibility index (Phi) is 3.67. The van der Waals surface area contributed by atoms with Crippen molar-refractivity contribution in [3.8, 4) is 11.1 Å². The standard InChI is InChI=1S/C14H15ClS/c1-10(2)11-3-5-12(6-4-11)14-9-16-8-13(14)7-15/h3-6,8-10H,7H2,1-2H3. The van der Waals surface area contributed by atoms with E-state index in [9.17, 15) is 0 Å². The van der Waals surface area contributed by atoms with E-state index in [0.717, 1.165) is 0 Å². The summed E-state index contributed by atoms with van der Waals surface area (Å²) in [4.78, 5) is 0. The van der Waals surface area contributed by atoms with E-state index in [-0.39, 0.29) is 0 Å². The summed E-state index contributed by atoms with van der Waals surface area (Å²) in [5.41, 5.74) is 5.15. The number of rotatable bonds is 3. The van der Waals surface area contributed by atoms with Crippen LogP contribution in [0.25, 0.3) is 11.1 Å². The maximum atomic E-state index is 5.91. The van der Waals surface area contributed by atoms with Crippen molar-refractivity contribution in [3.05, 3.63) is 46.2 Å². The van der Waals surface area contributed by atoms with Gasteiger partial charge in [0.15, 0.2) is 0 Å². The Bertz CT molecular complexity index is 454. The van der Waals surface area contributed by atoms with Crippen molar-refractivity contribution >= 4 is 22.9 Å². The molecule has 0 radical (unpaired) electrons. The monoisotopic (exact) mass is 250 g/mol. The molecule has 0 bridgehead atoms. The minimum Gasteiger partial charge on any atom is -0.151 e. The van der Waals surface area contributed by atoms with E-state index in [1.54, 1.807) is 11.3 Å². The Morgan fingerprint density at radius 3 is 2.38 bits per heavy atom. The molecule has 0 saturated heterocycles. The average molecular weight is 251 g/mol. The van der Waals surface area contributed by atoms with Crippen LogP contribution in [0.5, 0.6) is 0 Å². The van der Waals surface area contributed by atoms with E-state index >= 15 is 0 Å². The fourth-order valence-electron chi connectivity index (χ4n) is 1.73. The molecule has 0 aliphatic rings. The van der Waals surface area contributed by atoms with Crippen LogP contribution in [0, 0.1) is 0 Å². The summed E-state index contributed by atoms with van der Waals surface area (Å²) in [6, 6.07) is 8.78. The second-order valence-electron chi connectivity index (χ2n) is 4.22. The summed E-state index contributed by atoms with van der Waals surface area (Å²) < 4.78 is 0. The molecule has 0 N–H and O–H groups in total. The van der Waals surface area contributed by atoms with Crippen LogP contribution in [0.15, 0.2) is 35.0 Å². The maximum Gasteiger partial charge on any atom is 0.0488 e. The Morgan fingerprint density at radius 2 is 1.81 bits per heavy atom. The van der Waals surface area contributed by atoms with Crippen LogP contribution in [0.3, 0.4) is 0 Å². The molecule has 2 heteroatoms. The molecule has 2 aromatic rings. The Morgan fingerprint density at radius 1 is 1.12 bits per heavy atom. The summed E-state index contributed by atoms with van der Waals surface area (Å²) in [5, 5.41) is 4.29. The molecule has 0 atom stereocenters. The van der Waals surface area contributed by atoms with Gasteiger partial charge < -0.3 is 0 Å². The minimum atomic E-state index is 0.587. The molecule has 0 aliphatic heterocycles. The highest BCUT2D eigenvalue weighted by molar-refractivity contribution is 7.08. The fraction of sp³-hybridized carbons (Fsp3) is 0.286.